The van der Waals surface area contributed by atoms with Crippen molar-refractivity contribution in [1.29, 1.82) is 0 Å². The number of anilines is 5. The Hall–Kier alpha value is -5.23. The molecule has 0 saturated heterocycles. The van der Waals surface area contributed by atoms with Crippen LogP contribution in [0.15, 0.2) is 139 Å². The van der Waals surface area contributed by atoms with Crippen molar-refractivity contribution in [2.75, 3.05) is 9.91 Å². The van der Waals surface area contributed by atoms with Crippen molar-refractivity contribution in [2.24, 2.45) is 5.10 Å². The molecule has 0 spiro atoms. The molecule has 0 fully saturated rings. The summed E-state index contributed by atoms with van der Waals surface area (Å²) in [6.07, 6.45) is 1.87. The lowest BCUT2D eigenvalue weighted by Crippen LogP contribution is -2.10. The van der Waals surface area contributed by atoms with E-state index in [1.807, 2.05) is 71.9 Å². The molecule has 37 heavy (non-hydrogen) atoms. The molecular formula is C31H24N6. The molecule has 0 aliphatic rings. The first-order chi connectivity index (χ1) is 18.3. The van der Waals surface area contributed by atoms with Gasteiger partial charge in [0.15, 0.2) is 0 Å². The molecule has 5 aromatic carbocycles. The molecule has 178 valence electrons. The molecule has 6 aromatic rings. The number of H-pyrrole nitrogens is 1. The topological polar surface area (TPSA) is 60.4 Å². The van der Waals surface area contributed by atoms with Crippen LogP contribution in [-0.2, 0) is 0 Å². The summed E-state index contributed by atoms with van der Waals surface area (Å²) >= 11 is 0. The lowest BCUT2D eigenvalue weighted by atomic mass is 10.1. The molecule has 0 aliphatic carbocycles. The minimum absolute atomic E-state index is 0.792. The van der Waals surface area contributed by atoms with Crippen LogP contribution in [0.5, 0.6) is 0 Å². The Morgan fingerprint density at radius 1 is 0.568 bits per heavy atom. The predicted octanol–water partition coefficient (Wildman–Crippen LogP) is 7.60. The molecule has 0 unspecified atom stereocenters. The molecule has 0 saturated carbocycles. The van der Waals surface area contributed by atoms with E-state index in [0.29, 0.717) is 0 Å². The summed E-state index contributed by atoms with van der Waals surface area (Å²) in [6, 6.07) is 45.2. The lowest BCUT2D eigenvalue weighted by molar-refractivity contribution is 0.959. The van der Waals surface area contributed by atoms with Crippen LogP contribution >= 0.6 is 0 Å². The van der Waals surface area contributed by atoms with Crippen LogP contribution in [0.3, 0.4) is 0 Å². The van der Waals surface area contributed by atoms with Crippen molar-refractivity contribution in [3.8, 4) is 0 Å². The highest BCUT2D eigenvalue weighted by Gasteiger charge is 2.12. The number of nitrogens with zero attached hydrogens (tertiary/aromatic N) is 5. The van der Waals surface area contributed by atoms with Crippen LogP contribution in [0.1, 0.15) is 5.56 Å². The standard InChI is InChI=1S/C31H24N6/c1-4-10-25(11-5-1)36(26-12-6-2-7-13-26)27-18-16-24(17-19-27)23-32-37(28-14-8-3-9-15-28)29-20-21-30-31(22-29)34-35-33-30/h1-23H,(H,33,34,35)/b32-23+. The predicted molar refractivity (Wildman–Crippen MR) is 151 cm³/mol. The minimum atomic E-state index is 0.792. The number of benzene rings is 5. The van der Waals surface area contributed by atoms with E-state index in [9.17, 15) is 0 Å². The second kappa shape index (κ2) is 10.2. The van der Waals surface area contributed by atoms with E-state index in [-0.39, 0.29) is 0 Å². The van der Waals surface area contributed by atoms with E-state index in [1.165, 1.54) is 0 Å². The SMILES string of the molecule is C(=N\N(c1ccccc1)c1ccc2[nH]nnc2c1)/c1ccc(N(c2ccccc2)c2ccccc2)cc1. The van der Waals surface area contributed by atoms with Crippen molar-refractivity contribution in [3.05, 3.63) is 139 Å². The van der Waals surface area contributed by atoms with Crippen molar-refractivity contribution in [1.82, 2.24) is 15.4 Å². The summed E-state index contributed by atoms with van der Waals surface area (Å²) in [5, 5.41) is 17.7. The normalized spacial score (nSPS) is 11.1. The Balaban J connectivity index is 1.32. The third kappa shape index (κ3) is 4.81. The van der Waals surface area contributed by atoms with Gasteiger partial charge in [-0.2, -0.15) is 5.10 Å². The molecule has 0 radical (unpaired) electrons. The van der Waals surface area contributed by atoms with Crippen LogP contribution in [-0.4, -0.2) is 21.6 Å². The Morgan fingerprint density at radius 3 is 1.73 bits per heavy atom. The highest BCUT2D eigenvalue weighted by molar-refractivity contribution is 5.85. The number of hydrazone groups is 1. The summed E-state index contributed by atoms with van der Waals surface area (Å²) < 4.78 is 0. The van der Waals surface area contributed by atoms with E-state index in [4.69, 9.17) is 5.10 Å². The molecule has 1 aromatic heterocycles. The largest absolute Gasteiger partial charge is 0.311 e. The van der Waals surface area contributed by atoms with Gasteiger partial charge in [0.2, 0.25) is 0 Å². The summed E-state index contributed by atoms with van der Waals surface area (Å²) in [4.78, 5) is 2.24. The number of hydrogen-bond donors (Lipinski definition) is 1. The fourth-order valence-electron chi connectivity index (χ4n) is 4.25. The fourth-order valence-corrected chi connectivity index (χ4v) is 4.25. The number of aromatic amines is 1. The summed E-state index contributed by atoms with van der Waals surface area (Å²) in [5.41, 5.74) is 7.82. The van der Waals surface area contributed by atoms with Gasteiger partial charge in [-0.15, -0.1) is 5.10 Å². The van der Waals surface area contributed by atoms with E-state index in [1.54, 1.807) is 0 Å². The van der Waals surface area contributed by atoms with Crippen molar-refractivity contribution in [3.63, 3.8) is 0 Å². The van der Waals surface area contributed by atoms with Gasteiger partial charge in [0, 0.05) is 17.1 Å². The van der Waals surface area contributed by atoms with E-state index in [0.717, 1.165) is 45.0 Å². The number of aromatic nitrogens is 3. The average Bonchev–Trinajstić information content (AvgIpc) is 3.44. The van der Waals surface area contributed by atoms with E-state index in [2.05, 4.69) is 93.1 Å². The van der Waals surface area contributed by atoms with Crippen LogP contribution in [0.2, 0.25) is 0 Å². The molecule has 6 heteroatoms. The summed E-state index contributed by atoms with van der Waals surface area (Å²) in [6.45, 7) is 0. The Kier molecular flexibility index (Phi) is 6.12. The molecular weight excluding hydrogens is 456 g/mol. The number of rotatable bonds is 7. The second-order valence-electron chi connectivity index (χ2n) is 8.50. The monoisotopic (exact) mass is 480 g/mol. The smallest absolute Gasteiger partial charge is 0.115 e. The van der Waals surface area contributed by atoms with Crippen molar-refractivity contribution < 1.29 is 0 Å². The molecule has 6 nitrogen and oxygen atoms in total. The maximum Gasteiger partial charge on any atom is 0.115 e. The Labute approximate surface area is 215 Å². The van der Waals surface area contributed by atoms with Gasteiger partial charge < -0.3 is 4.90 Å². The van der Waals surface area contributed by atoms with Gasteiger partial charge in [-0.25, -0.2) is 5.01 Å². The van der Waals surface area contributed by atoms with Gasteiger partial charge in [-0.1, -0.05) is 71.9 Å². The zero-order chi connectivity index (χ0) is 24.9. The number of hydrogen-bond acceptors (Lipinski definition) is 5. The first-order valence-electron chi connectivity index (χ1n) is 12.1. The fraction of sp³-hybridized carbons (Fsp3) is 0. The van der Waals surface area contributed by atoms with Crippen molar-refractivity contribution >= 4 is 45.7 Å². The highest BCUT2D eigenvalue weighted by Crippen LogP contribution is 2.34. The third-order valence-electron chi connectivity index (χ3n) is 6.06. The summed E-state index contributed by atoms with van der Waals surface area (Å²) in [7, 11) is 0. The summed E-state index contributed by atoms with van der Waals surface area (Å²) in [5.74, 6) is 0. The molecule has 0 aliphatic heterocycles. The first-order valence-corrected chi connectivity index (χ1v) is 12.1. The molecule has 0 bridgehead atoms. The average molecular weight is 481 g/mol. The third-order valence-corrected chi connectivity index (χ3v) is 6.06. The van der Waals surface area contributed by atoms with Crippen LogP contribution in [0.4, 0.5) is 28.4 Å². The molecule has 1 heterocycles. The maximum absolute atomic E-state index is 4.85. The zero-order valence-corrected chi connectivity index (χ0v) is 20.0. The molecule has 6 rings (SSSR count). The van der Waals surface area contributed by atoms with E-state index < -0.39 is 0 Å². The number of nitrogens with one attached hydrogen (secondary N) is 1. The number of fused-ring (bicyclic) bond motifs is 1. The van der Waals surface area contributed by atoms with Crippen molar-refractivity contribution in [2.45, 2.75) is 0 Å². The van der Waals surface area contributed by atoms with Crippen LogP contribution in [0.25, 0.3) is 11.0 Å². The highest BCUT2D eigenvalue weighted by atomic mass is 15.5. The first kappa shape index (κ1) is 22.2. The second-order valence-corrected chi connectivity index (χ2v) is 8.50. The number of para-hydroxylation sites is 3. The Morgan fingerprint density at radius 2 is 1.11 bits per heavy atom. The lowest BCUT2D eigenvalue weighted by Gasteiger charge is -2.25. The molecule has 0 atom stereocenters. The quantitative estimate of drug-likeness (QED) is 0.189. The van der Waals surface area contributed by atoms with Gasteiger partial charge in [-0.05, 0) is 72.3 Å². The molecule has 1 N–H and O–H groups in total. The Bertz CT molecular complexity index is 1570. The van der Waals surface area contributed by atoms with E-state index >= 15 is 0 Å². The maximum atomic E-state index is 4.85. The van der Waals surface area contributed by atoms with Crippen LogP contribution in [0, 0.1) is 0 Å². The molecule has 0 amide bonds. The van der Waals surface area contributed by atoms with Gasteiger partial charge >= 0.3 is 0 Å². The minimum Gasteiger partial charge on any atom is -0.311 e. The van der Waals surface area contributed by atoms with Gasteiger partial charge in [0.25, 0.3) is 0 Å². The zero-order valence-electron chi connectivity index (χ0n) is 20.0. The van der Waals surface area contributed by atoms with Gasteiger partial charge in [0.1, 0.15) is 5.52 Å². The van der Waals surface area contributed by atoms with Crippen LogP contribution < -0.4 is 9.91 Å². The van der Waals surface area contributed by atoms with Gasteiger partial charge in [0.05, 0.1) is 23.1 Å². The van der Waals surface area contributed by atoms with Gasteiger partial charge in [-0.3, -0.25) is 5.10 Å².